The van der Waals surface area contributed by atoms with E-state index in [2.05, 4.69) is 42.7 Å². The second-order valence-corrected chi connectivity index (χ2v) is 15.5. The van der Waals surface area contributed by atoms with Gasteiger partial charge < -0.3 is 24.6 Å². The van der Waals surface area contributed by atoms with E-state index in [0.29, 0.717) is 12.8 Å². The molecular weight excluding hydrogens is 683 g/mol. The van der Waals surface area contributed by atoms with Gasteiger partial charge in [-0.1, -0.05) is 134 Å². The highest BCUT2D eigenvalue weighted by Gasteiger charge is 2.27. The number of carbonyl (C=O) groups excluding carboxylic acids is 2. The van der Waals surface area contributed by atoms with Crippen molar-refractivity contribution in [3.63, 3.8) is 0 Å². The first-order chi connectivity index (χ1) is 25.2. The fraction of sp³-hybridized carbons (Fsp3) is 0.854. The molecule has 1 unspecified atom stereocenters. The summed E-state index contributed by atoms with van der Waals surface area (Å²) >= 11 is 0. The average Bonchev–Trinajstić information content (AvgIpc) is 3.13. The second kappa shape index (κ2) is 37.8. The van der Waals surface area contributed by atoms with Gasteiger partial charge in [0.2, 0.25) is 0 Å². The van der Waals surface area contributed by atoms with Gasteiger partial charge in [-0.15, -0.1) is 0 Å². The van der Waals surface area contributed by atoms with Crippen molar-refractivity contribution in [3.8, 4) is 0 Å². The van der Waals surface area contributed by atoms with Crippen LogP contribution in [-0.4, -0.2) is 65.7 Å². The van der Waals surface area contributed by atoms with Gasteiger partial charge in [0.25, 0.3) is 0 Å². The van der Waals surface area contributed by atoms with Gasteiger partial charge in [-0.05, 0) is 64.2 Å². The minimum Gasteiger partial charge on any atom is -0.462 e. The Balaban J connectivity index is 4.29. The Morgan fingerprint density at radius 1 is 0.558 bits per heavy atom. The molecule has 0 fully saturated rings. The molecule has 3 N–H and O–H groups in total. The van der Waals surface area contributed by atoms with Crippen LogP contribution in [-0.2, 0) is 32.7 Å². The number of aliphatic hydroxyl groups is 2. The van der Waals surface area contributed by atoms with E-state index >= 15 is 0 Å². The normalized spacial score (nSPS) is 14.2. The number of unbranched alkanes of at least 4 members (excludes halogenated alkanes) is 21. The number of carbonyl (C=O) groups is 2. The van der Waals surface area contributed by atoms with Crippen LogP contribution in [0.25, 0.3) is 0 Å². The monoisotopic (exact) mass is 761 g/mol. The zero-order chi connectivity index (χ0) is 38.4. The molecule has 52 heavy (non-hydrogen) atoms. The molecule has 0 aromatic heterocycles. The molecule has 0 saturated heterocycles. The molecule has 0 saturated carbocycles. The molecule has 0 radical (unpaired) electrons. The van der Waals surface area contributed by atoms with E-state index in [4.69, 9.17) is 19.1 Å². The lowest BCUT2D eigenvalue weighted by Crippen LogP contribution is -2.29. The Kier molecular flexibility index (Phi) is 36.6. The quantitative estimate of drug-likeness (QED) is 0.0239. The van der Waals surface area contributed by atoms with Crippen LogP contribution in [0.2, 0.25) is 0 Å². The van der Waals surface area contributed by atoms with Crippen LogP contribution in [0.3, 0.4) is 0 Å². The lowest BCUT2D eigenvalue weighted by Gasteiger charge is -2.20. The molecule has 0 bridgehead atoms. The van der Waals surface area contributed by atoms with Crippen LogP contribution in [0.15, 0.2) is 24.3 Å². The molecule has 0 spiro atoms. The van der Waals surface area contributed by atoms with Crippen LogP contribution in [0.5, 0.6) is 0 Å². The van der Waals surface area contributed by atoms with Crippen molar-refractivity contribution in [3.05, 3.63) is 24.3 Å². The number of phosphoric ester groups is 1. The molecule has 0 aromatic rings. The third-order valence-corrected chi connectivity index (χ3v) is 9.78. The number of allylic oxidation sites excluding steroid dienone is 4. The maximum absolute atomic E-state index is 12.6. The highest BCUT2D eigenvalue weighted by atomic mass is 31.2. The number of hydrogen-bond acceptors (Lipinski definition) is 9. The summed E-state index contributed by atoms with van der Waals surface area (Å²) < 4.78 is 32.6. The summed E-state index contributed by atoms with van der Waals surface area (Å²) in [6, 6.07) is 0. The lowest BCUT2D eigenvalue weighted by atomic mass is 10.1. The first-order valence-electron chi connectivity index (χ1n) is 20.8. The largest absolute Gasteiger partial charge is 0.472 e. The van der Waals surface area contributed by atoms with Gasteiger partial charge in [0.15, 0.2) is 6.10 Å². The Hall–Kier alpha value is -1.55. The molecule has 0 aliphatic heterocycles. The Bertz CT molecular complexity index is 925. The minimum absolute atomic E-state index is 0.175. The summed E-state index contributed by atoms with van der Waals surface area (Å²) in [5.74, 6) is -0.935. The van der Waals surface area contributed by atoms with Crippen molar-refractivity contribution in [2.24, 2.45) is 0 Å². The highest BCUT2D eigenvalue weighted by molar-refractivity contribution is 7.47. The molecule has 3 atom stereocenters. The summed E-state index contributed by atoms with van der Waals surface area (Å²) in [7, 11) is -4.61. The fourth-order valence-corrected chi connectivity index (χ4v) is 6.36. The highest BCUT2D eigenvalue weighted by Crippen LogP contribution is 2.43. The second-order valence-electron chi connectivity index (χ2n) is 14.0. The number of aliphatic hydroxyl groups excluding tert-OH is 2. The van der Waals surface area contributed by atoms with Crippen molar-refractivity contribution in [1.82, 2.24) is 0 Å². The Morgan fingerprint density at radius 3 is 1.42 bits per heavy atom. The molecule has 0 amide bonds. The van der Waals surface area contributed by atoms with Crippen LogP contribution in [0, 0.1) is 0 Å². The Morgan fingerprint density at radius 2 is 0.942 bits per heavy atom. The maximum Gasteiger partial charge on any atom is 0.472 e. The van der Waals surface area contributed by atoms with E-state index in [-0.39, 0.29) is 19.4 Å². The van der Waals surface area contributed by atoms with Crippen LogP contribution < -0.4 is 0 Å². The van der Waals surface area contributed by atoms with Gasteiger partial charge in [0, 0.05) is 12.8 Å². The molecule has 0 aliphatic carbocycles. The number of phosphoric acid groups is 1. The van der Waals surface area contributed by atoms with Gasteiger partial charge >= 0.3 is 19.8 Å². The number of ether oxygens (including phenoxy) is 2. The molecule has 0 heterocycles. The van der Waals surface area contributed by atoms with Crippen molar-refractivity contribution in [2.75, 3.05) is 26.4 Å². The topological polar surface area (TPSA) is 149 Å². The van der Waals surface area contributed by atoms with Crippen molar-refractivity contribution < 1.29 is 47.8 Å². The first kappa shape index (κ1) is 50.5. The molecule has 0 aliphatic rings. The molecule has 0 rings (SSSR count). The van der Waals surface area contributed by atoms with Gasteiger partial charge in [0.1, 0.15) is 12.7 Å². The predicted molar refractivity (Wildman–Crippen MR) is 210 cm³/mol. The maximum atomic E-state index is 12.6. The fourth-order valence-electron chi connectivity index (χ4n) is 5.57. The van der Waals surface area contributed by atoms with E-state index < -0.39 is 51.8 Å². The van der Waals surface area contributed by atoms with Crippen molar-refractivity contribution >= 4 is 19.8 Å². The van der Waals surface area contributed by atoms with Gasteiger partial charge in [-0.2, -0.15) is 0 Å². The van der Waals surface area contributed by atoms with Gasteiger partial charge in [-0.25, -0.2) is 4.57 Å². The first-order valence-corrected chi connectivity index (χ1v) is 22.3. The SMILES string of the molecule is CCCCC/C=C/CCCCCCCC(=O)O[C@@H](COC(=O)CCCCCCCCCCC/C=C/CCCCCC)COP(=O)(O)OC[C@H](O)CO. The number of esters is 2. The van der Waals surface area contributed by atoms with Gasteiger partial charge in [-0.3, -0.25) is 18.6 Å². The molecular formula is C41H77O10P. The smallest absolute Gasteiger partial charge is 0.462 e. The Labute approximate surface area is 317 Å². The number of hydrogen-bond donors (Lipinski definition) is 3. The van der Waals surface area contributed by atoms with E-state index in [1.165, 1.54) is 89.9 Å². The van der Waals surface area contributed by atoms with Crippen molar-refractivity contribution in [2.45, 2.75) is 199 Å². The molecule has 10 nitrogen and oxygen atoms in total. The lowest BCUT2D eigenvalue weighted by molar-refractivity contribution is -0.161. The molecule has 306 valence electrons. The van der Waals surface area contributed by atoms with Gasteiger partial charge in [0.05, 0.1) is 19.8 Å². The summed E-state index contributed by atoms with van der Waals surface area (Å²) in [5, 5.41) is 18.3. The van der Waals surface area contributed by atoms with Crippen LogP contribution >= 0.6 is 7.82 Å². The number of rotatable bonds is 39. The molecule has 11 heteroatoms. The zero-order valence-electron chi connectivity index (χ0n) is 33.0. The summed E-state index contributed by atoms with van der Waals surface area (Å²) in [5.41, 5.74) is 0. The van der Waals surface area contributed by atoms with E-state index in [1.54, 1.807) is 0 Å². The summed E-state index contributed by atoms with van der Waals surface area (Å²) in [6.45, 7) is 2.33. The van der Waals surface area contributed by atoms with Crippen LogP contribution in [0.4, 0.5) is 0 Å². The standard InChI is InChI=1S/C41H77O10P/c1-3-5-7-9-11-13-15-17-18-19-20-21-23-24-26-28-30-32-40(44)48-36-39(37-50-52(46,47)49-35-38(43)34-42)51-41(45)33-31-29-27-25-22-16-14-12-10-8-6-4-2/h12-15,38-39,42-43H,3-11,16-37H2,1-2H3,(H,46,47)/b14-12+,15-13+/t38-,39+/m1/s1. The van der Waals surface area contributed by atoms with Crippen molar-refractivity contribution in [1.29, 1.82) is 0 Å². The third-order valence-electron chi connectivity index (χ3n) is 8.83. The summed E-state index contributed by atoms with van der Waals surface area (Å²) in [4.78, 5) is 34.9. The van der Waals surface area contributed by atoms with E-state index in [9.17, 15) is 24.2 Å². The van der Waals surface area contributed by atoms with E-state index in [1.807, 2.05) is 0 Å². The van der Waals surface area contributed by atoms with Crippen LogP contribution in [0.1, 0.15) is 187 Å². The molecule has 0 aromatic carbocycles. The third kappa shape index (κ3) is 36.8. The predicted octanol–water partition coefficient (Wildman–Crippen LogP) is 10.6. The minimum atomic E-state index is -4.61. The average molecular weight is 761 g/mol. The summed E-state index contributed by atoms with van der Waals surface area (Å²) in [6.07, 6.45) is 35.7. The zero-order valence-corrected chi connectivity index (χ0v) is 33.9. The van der Waals surface area contributed by atoms with E-state index in [0.717, 1.165) is 57.8 Å².